The number of carbonyl (C=O) groups excluding carboxylic acids is 3. The number of Topliss-reactive ketones (excluding diaryl/α,β-unsaturated/α-hetero) is 1. The number of benzene rings is 1. The average molecular weight is 513 g/mol. The number of hydrogen-bond acceptors (Lipinski definition) is 7. The molecule has 1 aromatic heterocycles. The molecule has 0 aliphatic carbocycles. The van der Waals surface area contributed by atoms with Crippen LogP contribution in [0.25, 0.3) is 0 Å². The molecule has 0 bridgehead atoms. The Labute approximate surface area is 202 Å². The molecule has 1 aliphatic heterocycles. The summed E-state index contributed by atoms with van der Waals surface area (Å²) in [5.41, 5.74) is 0.618. The zero-order chi connectivity index (χ0) is 24.2. The number of ketones is 1. The predicted octanol–water partition coefficient (Wildman–Crippen LogP) is 3.06. The molecule has 0 unspecified atom stereocenters. The highest BCUT2D eigenvalue weighted by molar-refractivity contribution is 7.89. The van der Waals surface area contributed by atoms with Crippen LogP contribution >= 0.6 is 22.9 Å². The van der Waals surface area contributed by atoms with Crippen molar-refractivity contribution < 1.29 is 27.5 Å². The van der Waals surface area contributed by atoms with E-state index < -0.39 is 28.5 Å². The summed E-state index contributed by atoms with van der Waals surface area (Å²) in [7, 11) is -3.67. The maximum atomic E-state index is 12.7. The van der Waals surface area contributed by atoms with Gasteiger partial charge in [0.2, 0.25) is 10.0 Å². The molecule has 1 fully saturated rings. The summed E-state index contributed by atoms with van der Waals surface area (Å²) < 4.78 is 31.8. The third-order valence-electron chi connectivity index (χ3n) is 5.30. The van der Waals surface area contributed by atoms with Gasteiger partial charge < -0.3 is 9.64 Å². The number of piperazine rings is 1. The minimum absolute atomic E-state index is 0.0191. The Morgan fingerprint density at radius 3 is 2.24 bits per heavy atom. The normalized spacial score (nSPS) is 14.8. The highest BCUT2D eigenvalue weighted by Crippen LogP contribution is 2.22. The SMILES string of the molecule is Cc1cc(C(=O)CCC(=O)OCC(=O)N2CCN(S(=O)(=O)c3ccc(Cl)cc3)CC2)c(C)s1. The monoisotopic (exact) mass is 512 g/mol. The second-order valence-corrected chi connectivity index (χ2v) is 11.5. The van der Waals surface area contributed by atoms with Crippen molar-refractivity contribution in [2.24, 2.45) is 0 Å². The van der Waals surface area contributed by atoms with Gasteiger partial charge in [-0.3, -0.25) is 14.4 Å². The number of halogens is 1. The molecule has 2 heterocycles. The number of hydrogen-bond donors (Lipinski definition) is 0. The third kappa shape index (κ3) is 6.41. The Morgan fingerprint density at radius 2 is 1.67 bits per heavy atom. The van der Waals surface area contributed by atoms with Crippen LogP contribution in [0.3, 0.4) is 0 Å². The van der Waals surface area contributed by atoms with Crippen molar-refractivity contribution >= 4 is 50.6 Å². The van der Waals surface area contributed by atoms with Crippen LogP contribution in [-0.4, -0.2) is 68.1 Å². The van der Waals surface area contributed by atoms with Gasteiger partial charge in [-0.1, -0.05) is 11.6 Å². The Hall–Kier alpha value is -2.27. The molecule has 33 heavy (non-hydrogen) atoms. The third-order valence-corrected chi connectivity index (χ3v) is 8.43. The minimum atomic E-state index is -3.67. The maximum Gasteiger partial charge on any atom is 0.306 e. The molecule has 8 nitrogen and oxygen atoms in total. The van der Waals surface area contributed by atoms with Crippen LogP contribution < -0.4 is 0 Å². The van der Waals surface area contributed by atoms with Crippen LogP contribution in [0, 0.1) is 13.8 Å². The number of aryl methyl sites for hydroxylation is 2. The van der Waals surface area contributed by atoms with E-state index in [2.05, 4.69) is 0 Å². The van der Waals surface area contributed by atoms with E-state index in [1.54, 1.807) is 0 Å². The van der Waals surface area contributed by atoms with Gasteiger partial charge in [-0.2, -0.15) is 4.31 Å². The fraction of sp³-hybridized carbons (Fsp3) is 0.409. The zero-order valence-corrected chi connectivity index (χ0v) is 20.8. The first-order valence-electron chi connectivity index (χ1n) is 10.4. The van der Waals surface area contributed by atoms with Crippen molar-refractivity contribution in [3.05, 3.63) is 50.7 Å². The summed E-state index contributed by atoms with van der Waals surface area (Å²) in [6.07, 6.45) is -0.0845. The van der Waals surface area contributed by atoms with Crippen molar-refractivity contribution in [3.63, 3.8) is 0 Å². The molecule has 0 spiro atoms. The first kappa shape index (κ1) is 25.4. The van der Waals surface area contributed by atoms with E-state index in [9.17, 15) is 22.8 Å². The Kier molecular flexibility index (Phi) is 8.28. The van der Waals surface area contributed by atoms with Gasteiger partial charge in [0.15, 0.2) is 12.4 Å². The van der Waals surface area contributed by atoms with Crippen LogP contribution in [0.4, 0.5) is 0 Å². The fourth-order valence-corrected chi connectivity index (χ4v) is 5.99. The fourth-order valence-electron chi connectivity index (χ4n) is 3.50. The van der Waals surface area contributed by atoms with Crippen LogP contribution in [0.1, 0.15) is 33.0 Å². The van der Waals surface area contributed by atoms with Crippen molar-refractivity contribution in [2.75, 3.05) is 32.8 Å². The molecule has 0 N–H and O–H groups in total. The maximum absolute atomic E-state index is 12.7. The first-order valence-corrected chi connectivity index (χ1v) is 13.0. The van der Waals surface area contributed by atoms with E-state index in [0.29, 0.717) is 10.6 Å². The molecular formula is C22H25ClN2O6S2. The number of rotatable bonds is 8. The summed E-state index contributed by atoms with van der Waals surface area (Å²) in [4.78, 5) is 40.2. The standard InChI is InChI=1S/C22H25ClN2O6S2/c1-15-13-19(16(2)32-15)20(26)7-8-22(28)31-14-21(27)24-9-11-25(12-10-24)33(29,30)18-5-3-17(23)4-6-18/h3-6,13H,7-12,14H2,1-2H3. The molecule has 1 amide bonds. The smallest absolute Gasteiger partial charge is 0.306 e. The molecule has 0 atom stereocenters. The number of amides is 1. The quantitative estimate of drug-likeness (QED) is 0.398. The molecule has 3 rings (SSSR count). The van der Waals surface area contributed by atoms with Gasteiger partial charge >= 0.3 is 5.97 Å². The molecule has 2 aromatic rings. The van der Waals surface area contributed by atoms with Gasteiger partial charge in [-0.05, 0) is 44.2 Å². The van der Waals surface area contributed by atoms with Gasteiger partial charge in [0.05, 0.1) is 11.3 Å². The van der Waals surface area contributed by atoms with E-state index in [0.717, 1.165) is 9.75 Å². The van der Waals surface area contributed by atoms with Gasteiger partial charge in [-0.15, -0.1) is 11.3 Å². The topological polar surface area (TPSA) is 101 Å². The summed E-state index contributed by atoms with van der Waals surface area (Å²) in [6, 6.07) is 7.72. The Balaban J connectivity index is 1.42. The largest absolute Gasteiger partial charge is 0.456 e. The lowest BCUT2D eigenvalue weighted by Gasteiger charge is -2.33. The highest BCUT2D eigenvalue weighted by atomic mass is 35.5. The van der Waals surface area contributed by atoms with E-state index >= 15 is 0 Å². The predicted molar refractivity (Wildman–Crippen MR) is 125 cm³/mol. The van der Waals surface area contributed by atoms with E-state index in [-0.39, 0.29) is 49.7 Å². The lowest BCUT2D eigenvalue weighted by Crippen LogP contribution is -2.51. The van der Waals surface area contributed by atoms with Crippen LogP contribution in [0.5, 0.6) is 0 Å². The molecule has 1 aromatic carbocycles. The summed E-state index contributed by atoms with van der Waals surface area (Å²) in [5.74, 6) is -1.15. The molecule has 0 radical (unpaired) electrons. The minimum Gasteiger partial charge on any atom is -0.456 e. The molecule has 1 aliphatic rings. The average Bonchev–Trinajstić information content (AvgIpc) is 3.14. The number of sulfonamides is 1. The number of ether oxygens (including phenoxy) is 1. The van der Waals surface area contributed by atoms with E-state index in [1.807, 2.05) is 19.9 Å². The van der Waals surface area contributed by atoms with Crippen molar-refractivity contribution in [1.82, 2.24) is 9.21 Å². The molecule has 178 valence electrons. The first-order chi connectivity index (χ1) is 15.6. The zero-order valence-electron chi connectivity index (χ0n) is 18.4. The van der Waals surface area contributed by atoms with Crippen LogP contribution in [-0.2, 0) is 24.3 Å². The number of carbonyl (C=O) groups is 3. The molecule has 0 saturated carbocycles. The van der Waals surface area contributed by atoms with Crippen molar-refractivity contribution in [2.45, 2.75) is 31.6 Å². The van der Waals surface area contributed by atoms with Crippen LogP contribution in [0.15, 0.2) is 35.2 Å². The summed E-state index contributed by atoms with van der Waals surface area (Å²) >= 11 is 7.35. The molecule has 11 heteroatoms. The molecule has 1 saturated heterocycles. The van der Waals surface area contributed by atoms with Gasteiger partial charge in [0.25, 0.3) is 5.91 Å². The van der Waals surface area contributed by atoms with Crippen molar-refractivity contribution in [3.8, 4) is 0 Å². The second kappa shape index (κ2) is 10.8. The summed E-state index contributed by atoms with van der Waals surface area (Å²) in [6.45, 7) is 4.01. The van der Waals surface area contributed by atoms with Crippen molar-refractivity contribution in [1.29, 1.82) is 0 Å². The number of esters is 1. The Morgan fingerprint density at radius 1 is 1.03 bits per heavy atom. The van der Waals surface area contributed by atoms with Gasteiger partial charge in [0.1, 0.15) is 0 Å². The highest BCUT2D eigenvalue weighted by Gasteiger charge is 2.30. The number of thiophene rings is 1. The lowest BCUT2D eigenvalue weighted by atomic mass is 10.1. The Bertz CT molecular complexity index is 1140. The summed E-state index contributed by atoms with van der Waals surface area (Å²) in [5, 5.41) is 0.444. The second-order valence-electron chi connectivity index (χ2n) is 7.65. The lowest BCUT2D eigenvalue weighted by molar-refractivity contribution is -0.152. The molecular weight excluding hydrogens is 488 g/mol. The van der Waals surface area contributed by atoms with Crippen LogP contribution in [0.2, 0.25) is 5.02 Å². The number of nitrogens with zero attached hydrogens (tertiary/aromatic N) is 2. The van der Waals surface area contributed by atoms with Gasteiger partial charge in [0, 0.05) is 52.9 Å². The van der Waals surface area contributed by atoms with E-state index in [4.69, 9.17) is 16.3 Å². The van der Waals surface area contributed by atoms with Gasteiger partial charge in [-0.25, -0.2) is 8.42 Å². The van der Waals surface area contributed by atoms with E-state index in [1.165, 1.54) is 44.8 Å².